The summed E-state index contributed by atoms with van der Waals surface area (Å²) in [6, 6.07) is 8.70. The first-order valence-corrected chi connectivity index (χ1v) is 11.6. The maximum Gasteiger partial charge on any atom is 0.257 e. The molecule has 1 amide bonds. The highest BCUT2D eigenvalue weighted by atomic mass is 35.5. The number of amides is 1. The van der Waals surface area contributed by atoms with Crippen molar-refractivity contribution in [3.05, 3.63) is 74.8 Å². The van der Waals surface area contributed by atoms with Gasteiger partial charge in [0.15, 0.2) is 0 Å². The second kappa shape index (κ2) is 9.01. The fourth-order valence-electron chi connectivity index (χ4n) is 2.86. The lowest BCUT2D eigenvalue weighted by molar-refractivity contribution is 0.0949. The van der Waals surface area contributed by atoms with Gasteiger partial charge in [-0.1, -0.05) is 44.5 Å². The number of halogens is 2. The molecule has 3 N–H and O–H groups in total. The van der Waals surface area contributed by atoms with Crippen LogP contribution in [-0.4, -0.2) is 25.9 Å². The third-order valence-electron chi connectivity index (χ3n) is 4.63. The van der Waals surface area contributed by atoms with E-state index in [1.54, 1.807) is 24.3 Å². The monoisotopic (exact) mass is 479 g/mol. The molecule has 170 valence electrons. The molecule has 7 nitrogen and oxygen atoms in total. The molecule has 3 rings (SSSR count). The van der Waals surface area contributed by atoms with E-state index in [9.17, 15) is 22.4 Å². The van der Waals surface area contributed by atoms with Crippen LogP contribution >= 0.6 is 11.6 Å². The summed E-state index contributed by atoms with van der Waals surface area (Å²) in [6.07, 6.45) is 1.11. The van der Waals surface area contributed by atoms with Gasteiger partial charge in [0.2, 0.25) is 15.5 Å². The maximum atomic E-state index is 14.6. The summed E-state index contributed by atoms with van der Waals surface area (Å²) < 4.78 is 42.2. The smallest absolute Gasteiger partial charge is 0.257 e. The van der Waals surface area contributed by atoms with Crippen LogP contribution in [0, 0.1) is 11.2 Å². The number of hydrogen-bond acceptors (Lipinski definition) is 4. The van der Waals surface area contributed by atoms with Crippen LogP contribution in [0.4, 0.5) is 4.39 Å². The topological polar surface area (TPSA) is 108 Å². The zero-order valence-corrected chi connectivity index (χ0v) is 19.3. The van der Waals surface area contributed by atoms with Crippen molar-refractivity contribution in [2.45, 2.75) is 32.2 Å². The van der Waals surface area contributed by atoms with Crippen molar-refractivity contribution in [3.8, 4) is 0 Å². The molecule has 0 aliphatic heterocycles. The predicted octanol–water partition coefficient (Wildman–Crippen LogP) is 3.58. The predicted molar refractivity (Wildman–Crippen MR) is 122 cm³/mol. The Hall–Kier alpha value is -2.75. The van der Waals surface area contributed by atoms with Gasteiger partial charge in [-0.25, -0.2) is 17.5 Å². The molecule has 0 aliphatic rings. The Labute approximate surface area is 190 Å². The van der Waals surface area contributed by atoms with Crippen LogP contribution in [0.2, 0.25) is 5.02 Å². The van der Waals surface area contributed by atoms with E-state index >= 15 is 0 Å². The van der Waals surface area contributed by atoms with Gasteiger partial charge < -0.3 is 10.3 Å². The minimum atomic E-state index is -4.06. The molecule has 0 radical (unpaired) electrons. The van der Waals surface area contributed by atoms with Crippen molar-refractivity contribution >= 4 is 38.4 Å². The molecule has 0 bridgehead atoms. The molecule has 32 heavy (non-hydrogen) atoms. The molecule has 0 saturated carbocycles. The molecular formula is C22H23ClFN3O4S. The third kappa shape index (κ3) is 5.53. The van der Waals surface area contributed by atoms with E-state index in [-0.39, 0.29) is 35.0 Å². The Morgan fingerprint density at radius 3 is 2.44 bits per heavy atom. The van der Waals surface area contributed by atoms with Crippen molar-refractivity contribution in [2.24, 2.45) is 5.41 Å². The van der Waals surface area contributed by atoms with Crippen LogP contribution in [0.1, 0.15) is 36.7 Å². The number of hydrogen-bond donors (Lipinski definition) is 3. The number of aromatic nitrogens is 1. The van der Waals surface area contributed by atoms with Crippen LogP contribution in [0.15, 0.2) is 52.3 Å². The number of nitrogens with one attached hydrogen (secondary N) is 3. The molecule has 0 saturated heterocycles. The van der Waals surface area contributed by atoms with E-state index in [2.05, 4.69) is 15.0 Å². The van der Waals surface area contributed by atoms with E-state index in [1.165, 1.54) is 0 Å². The number of benzene rings is 2. The molecule has 0 fully saturated rings. The first-order chi connectivity index (χ1) is 14.9. The molecular weight excluding hydrogens is 457 g/mol. The number of carbonyl (C=O) groups is 1. The Kier molecular flexibility index (Phi) is 6.73. The Balaban J connectivity index is 1.93. The highest BCUT2D eigenvalue weighted by molar-refractivity contribution is 7.89. The van der Waals surface area contributed by atoms with E-state index in [0.29, 0.717) is 5.02 Å². The number of fused-ring (bicyclic) bond motifs is 1. The highest BCUT2D eigenvalue weighted by Gasteiger charge is 2.22. The lowest BCUT2D eigenvalue weighted by Gasteiger charge is -2.19. The Bertz CT molecular complexity index is 1330. The van der Waals surface area contributed by atoms with Crippen LogP contribution < -0.4 is 15.5 Å². The molecule has 0 unspecified atom stereocenters. The van der Waals surface area contributed by atoms with Crippen molar-refractivity contribution < 1.29 is 17.6 Å². The molecule has 3 aromatic rings. The molecule has 10 heteroatoms. The molecule has 0 atom stereocenters. The minimum Gasteiger partial charge on any atom is -0.358 e. The van der Waals surface area contributed by atoms with Gasteiger partial charge in [-0.05, 0) is 35.2 Å². The summed E-state index contributed by atoms with van der Waals surface area (Å²) in [5.74, 6) is -1.59. The zero-order chi connectivity index (χ0) is 23.7. The van der Waals surface area contributed by atoms with E-state index in [1.807, 2.05) is 20.8 Å². The van der Waals surface area contributed by atoms with Crippen LogP contribution in [-0.2, 0) is 16.6 Å². The fourth-order valence-corrected chi connectivity index (χ4v) is 4.31. The van der Waals surface area contributed by atoms with Crippen molar-refractivity contribution in [2.75, 3.05) is 6.54 Å². The Morgan fingerprint density at radius 2 is 1.81 bits per heavy atom. The summed E-state index contributed by atoms with van der Waals surface area (Å²) in [4.78, 5) is 27.6. The SMILES string of the molecule is CC(C)(C)CNS(=O)(=O)c1cc(F)c2[nH]cc(C(=O)NCc3ccc(Cl)cc3)c(=O)c2c1. The van der Waals surface area contributed by atoms with Gasteiger partial charge in [-0.2, -0.15) is 0 Å². The summed E-state index contributed by atoms with van der Waals surface area (Å²) in [5.41, 5.74) is -0.791. The Morgan fingerprint density at radius 1 is 1.16 bits per heavy atom. The average Bonchev–Trinajstić information content (AvgIpc) is 2.72. The number of pyridine rings is 1. The molecule has 2 aromatic carbocycles. The molecule has 1 heterocycles. The number of H-pyrrole nitrogens is 1. The summed E-state index contributed by atoms with van der Waals surface area (Å²) in [6.45, 7) is 5.80. The van der Waals surface area contributed by atoms with E-state index in [0.717, 1.165) is 23.9 Å². The van der Waals surface area contributed by atoms with Gasteiger partial charge >= 0.3 is 0 Å². The van der Waals surface area contributed by atoms with Gasteiger partial charge in [0.05, 0.1) is 15.8 Å². The normalized spacial score (nSPS) is 12.2. The standard InChI is InChI=1S/C22H23ClFN3O4S/c1-22(2,3)12-27-32(30,31)15-8-16-19(18(24)9-15)25-11-17(20(16)28)21(29)26-10-13-4-6-14(23)7-5-13/h4-9,11,27H,10,12H2,1-3H3,(H,25,28)(H,26,29). The minimum absolute atomic E-state index is 0.124. The van der Waals surface area contributed by atoms with Gasteiger partial charge in [0.1, 0.15) is 11.4 Å². The van der Waals surface area contributed by atoms with Crippen LogP contribution in [0.25, 0.3) is 10.9 Å². The highest BCUT2D eigenvalue weighted by Crippen LogP contribution is 2.21. The first kappa shape index (κ1) is 23.9. The zero-order valence-electron chi connectivity index (χ0n) is 17.8. The average molecular weight is 480 g/mol. The van der Waals surface area contributed by atoms with Gasteiger partial charge in [0, 0.05) is 24.3 Å². The summed E-state index contributed by atoms with van der Waals surface area (Å²) in [5, 5.41) is 2.93. The lowest BCUT2D eigenvalue weighted by Crippen LogP contribution is -2.32. The number of sulfonamides is 1. The van der Waals surface area contributed by atoms with Crippen molar-refractivity contribution in [1.29, 1.82) is 0 Å². The molecule has 0 spiro atoms. The van der Waals surface area contributed by atoms with Crippen LogP contribution in [0.3, 0.4) is 0 Å². The van der Waals surface area contributed by atoms with Crippen LogP contribution in [0.5, 0.6) is 0 Å². The first-order valence-electron chi connectivity index (χ1n) is 9.75. The molecule has 0 aliphatic carbocycles. The molecule has 1 aromatic heterocycles. The summed E-state index contributed by atoms with van der Waals surface area (Å²) >= 11 is 5.84. The van der Waals surface area contributed by atoms with Gasteiger partial charge in [-0.3, -0.25) is 9.59 Å². The number of aromatic amines is 1. The van der Waals surface area contributed by atoms with Crippen molar-refractivity contribution in [3.63, 3.8) is 0 Å². The van der Waals surface area contributed by atoms with E-state index in [4.69, 9.17) is 11.6 Å². The quantitative estimate of drug-likeness (QED) is 0.502. The lowest BCUT2D eigenvalue weighted by atomic mass is 9.98. The van der Waals surface area contributed by atoms with Gasteiger partial charge in [-0.15, -0.1) is 0 Å². The second-order valence-electron chi connectivity index (χ2n) is 8.55. The third-order valence-corrected chi connectivity index (χ3v) is 6.26. The summed E-state index contributed by atoms with van der Waals surface area (Å²) in [7, 11) is -4.06. The largest absolute Gasteiger partial charge is 0.358 e. The maximum absolute atomic E-state index is 14.6. The van der Waals surface area contributed by atoms with Gasteiger partial charge in [0.25, 0.3) is 5.91 Å². The number of carbonyl (C=O) groups excluding carboxylic acids is 1. The van der Waals surface area contributed by atoms with Crippen molar-refractivity contribution in [1.82, 2.24) is 15.0 Å². The fraction of sp³-hybridized carbons (Fsp3) is 0.273. The number of rotatable bonds is 6. The van der Waals surface area contributed by atoms with E-state index < -0.39 is 32.1 Å². The second-order valence-corrected chi connectivity index (χ2v) is 10.8.